The molecule has 0 radical (unpaired) electrons. The molecule has 2 rings (SSSR count). The van der Waals surface area contributed by atoms with E-state index < -0.39 is 0 Å². The Morgan fingerprint density at radius 1 is 0.440 bits per heavy atom. The molecule has 0 unspecified atom stereocenters. The van der Waals surface area contributed by atoms with Gasteiger partial charge in [0.2, 0.25) is 0 Å². The largest absolute Gasteiger partial charge is 2.00 e. The summed E-state index contributed by atoms with van der Waals surface area (Å²) in [5.41, 5.74) is 9.65. The van der Waals surface area contributed by atoms with Crippen LogP contribution in [-0.2, 0) is 46.1 Å². The van der Waals surface area contributed by atoms with Crippen LogP contribution in [0, 0.1) is 133 Å². The quantitative estimate of drug-likeness (QED) is 0.0245. The number of aryl methyl sites for hydroxylation is 3. The topological polar surface area (TPSA) is 24.7 Å². The first kappa shape index (κ1) is 71.1. The van der Waals surface area contributed by atoms with Gasteiger partial charge >= 0.3 is 20.4 Å². The second kappa shape index (κ2) is 54.3. The fourth-order valence-electron chi connectivity index (χ4n) is 7.65. The van der Waals surface area contributed by atoms with E-state index >= 15 is 0 Å². The number of aliphatic imine (C=N–C) groups is 2. The van der Waals surface area contributed by atoms with Crippen molar-refractivity contribution in [1.82, 2.24) is 0 Å². The van der Waals surface area contributed by atoms with E-state index in [0.717, 1.165) is 79.6 Å². The number of hydrogen-bond donors (Lipinski definition) is 0. The third-order valence-electron chi connectivity index (χ3n) is 11.8. The maximum Gasteiger partial charge on any atom is 2.00 e. The van der Waals surface area contributed by atoms with Crippen molar-refractivity contribution in [2.45, 2.75) is 235 Å². The van der Waals surface area contributed by atoms with Crippen LogP contribution in [0.4, 0.5) is 11.4 Å². The minimum atomic E-state index is 0. The molecule has 0 saturated carbocycles. The summed E-state index contributed by atoms with van der Waals surface area (Å²) in [5, 5.41) is 0. The van der Waals surface area contributed by atoms with Gasteiger partial charge in [0, 0.05) is 53.0 Å². The first-order valence-corrected chi connectivity index (χ1v) is 28.3. The zero-order valence-corrected chi connectivity index (χ0v) is 49.2. The van der Waals surface area contributed by atoms with Crippen molar-refractivity contribution in [2.24, 2.45) is 9.98 Å². The van der Waals surface area contributed by atoms with E-state index in [2.05, 4.69) is 187 Å². The van der Waals surface area contributed by atoms with Gasteiger partial charge in [0.1, 0.15) is 0 Å². The van der Waals surface area contributed by atoms with Crippen molar-refractivity contribution < 1.29 is 56.1 Å². The van der Waals surface area contributed by atoms with Crippen LogP contribution < -0.4 is 0 Å². The van der Waals surface area contributed by atoms with Crippen LogP contribution in [0.25, 0.3) is 0 Å². The molecular formula is C72H140N2Pd. The summed E-state index contributed by atoms with van der Waals surface area (Å²) in [6.45, 7) is 23.2. The van der Waals surface area contributed by atoms with Gasteiger partial charge in [-0.15, -0.1) is 12.8 Å². The summed E-state index contributed by atoms with van der Waals surface area (Å²) >= 11 is 0. The maximum atomic E-state index is 5.14. The monoisotopic (exact) mass is 1140 g/mol. The Labute approximate surface area is 513 Å². The van der Waals surface area contributed by atoms with Crippen LogP contribution >= 0.6 is 0 Å². The van der Waals surface area contributed by atoms with E-state index in [0.29, 0.717) is 12.0 Å². The number of rotatable bonds is 30. The van der Waals surface area contributed by atoms with Crippen molar-refractivity contribution >= 4 is 23.3 Å². The van der Waals surface area contributed by atoms with Crippen molar-refractivity contribution in [3.8, 4) is 119 Å². The second-order valence-electron chi connectivity index (χ2n) is 18.1. The number of hydrogen-bond acceptors (Lipinski definition) is 2. The number of terminal acetylenes is 2. The van der Waals surface area contributed by atoms with E-state index in [1.807, 2.05) is 12.3 Å². The van der Waals surface area contributed by atoms with E-state index in [9.17, 15) is 0 Å². The predicted octanol–water partition coefficient (Wildman–Crippen LogP) is 24.0. The second-order valence-corrected chi connectivity index (χ2v) is 18.1. The Morgan fingerprint density at radius 2 is 0.827 bits per heavy atom. The smallest absolute Gasteiger partial charge is 0.343 e. The molecule has 0 spiro atoms. The van der Waals surface area contributed by atoms with Crippen LogP contribution in [0.5, 0.6) is 0 Å². The molecule has 0 heterocycles. The van der Waals surface area contributed by atoms with Gasteiger partial charge in [-0.3, -0.25) is 9.98 Å². The van der Waals surface area contributed by atoms with Crippen LogP contribution in [0.1, 0.15) is 278 Å². The summed E-state index contributed by atoms with van der Waals surface area (Å²) in [7, 11) is 0. The predicted molar refractivity (Wildman–Crippen MR) is 380 cm³/mol. The first-order chi connectivity index (χ1) is 36.4. The van der Waals surface area contributed by atoms with Crippen LogP contribution in [0.2, 0.25) is 0 Å². The third-order valence-corrected chi connectivity index (χ3v) is 11.8. The SMILES string of the molecule is C#CC#CC#CC#CC#Cc1cc(N=C(C=Nc2cc(CCCC)c(CCCC)c(CCCCC)c2)CC)cc(CCCC)c1C#CC#CC#CC#CC#C.[CH2-]CCCCCC.[CH2-]CCCCCCCCCCC.[HH].[HH].[HH].[HH].[HH].[HH].[HH].[HH].[HH].[HH].[HH].[HH].[HH].[HH].[HH].[HH].[HH].[HH].[HH].[HH].[HH].[HH].[HH].[HH].[HH].[Pd+2]. The molecule has 3 heteroatoms. The van der Waals surface area contributed by atoms with Crippen LogP contribution in [-0.4, -0.2) is 11.9 Å². The van der Waals surface area contributed by atoms with E-state index in [1.54, 1.807) is 5.56 Å². The van der Waals surface area contributed by atoms with Crippen LogP contribution in [0.15, 0.2) is 34.3 Å². The average molecular weight is 1140 g/mol. The van der Waals surface area contributed by atoms with Crippen LogP contribution in [0.3, 0.4) is 0 Å². The minimum Gasteiger partial charge on any atom is -0.343 e. The third kappa shape index (κ3) is 39.2. The number of benzene rings is 2. The maximum absolute atomic E-state index is 5.14. The molecule has 0 fully saturated rings. The Morgan fingerprint density at radius 3 is 1.31 bits per heavy atom. The zero-order chi connectivity index (χ0) is 54.4. The fraction of sp³-hybridized carbons (Fsp3) is 0.500. The average Bonchev–Trinajstić information content (AvgIpc) is 3.41. The van der Waals surface area contributed by atoms with Gasteiger partial charge in [-0.1, -0.05) is 176 Å². The molecule has 448 valence electrons. The van der Waals surface area contributed by atoms with Gasteiger partial charge in [-0.2, -0.15) is 12.8 Å². The Hall–Kier alpha value is -5.96. The van der Waals surface area contributed by atoms with E-state index in [-0.39, 0.29) is 56.1 Å². The Balaban J connectivity index is -0.0000000419. The van der Waals surface area contributed by atoms with Gasteiger partial charge < -0.3 is 13.8 Å². The van der Waals surface area contributed by atoms with Gasteiger partial charge in [0.25, 0.3) is 0 Å². The molecule has 0 atom stereocenters. The van der Waals surface area contributed by atoms with Gasteiger partial charge in [0.05, 0.1) is 17.1 Å². The summed E-state index contributed by atoms with van der Waals surface area (Å²) in [6, 6.07) is 8.66. The molecule has 2 nitrogen and oxygen atoms in total. The van der Waals surface area contributed by atoms with Crippen molar-refractivity contribution in [3.05, 3.63) is 71.5 Å². The van der Waals surface area contributed by atoms with Crippen molar-refractivity contribution in [3.63, 3.8) is 0 Å². The zero-order valence-electron chi connectivity index (χ0n) is 47.7. The molecule has 0 aliphatic carbocycles. The molecule has 2 aromatic carbocycles. The number of unbranched alkanes of at least 4 members (excludes halogenated alkanes) is 18. The molecule has 0 aliphatic heterocycles. The summed E-state index contributed by atoms with van der Waals surface area (Å²) in [4.78, 5) is 10.1. The van der Waals surface area contributed by atoms with Crippen molar-refractivity contribution in [2.75, 3.05) is 0 Å². The molecular weight excluding hydrogens is 999 g/mol. The molecule has 0 bridgehead atoms. The van der Waals surface area contributed by atoms with Gasteiger partial charge in [-0.25, -0.2) is 0 Å². The van der Waals surface area contributed by atoms with E-state index in [4.69, 9.17) is 22.8 Å². The van der Waals surface area contributed by atoms with Gasteiger partial charge in [-0.05, 0) is 199 Å². The summed E-state index contributed by atoms with van der Waals surface area (Å²) < 4.78 is 0. The standard InChI is InChI=1S/C53H50N2.C12H25.C7H15.Pd.25H2/c1-8-15-21-23-25-27-29-32-37-48-43-51(42-46(35-19-12-5)53(48)39-33-30-28-26-24-22-16-9-2)55-49(14-7)44-54-50-40-45(34-18-11-4)52(38-20-13-6)47(41-50)36-31-17-10-3;1-3-5-7-9-11-12-10-8-6-4-2;1-3-5-7-6-4-2;;;;;;;;;;;;;;;;;;;;;;;;;;/h1-2,40-44H,10-14,17-20,31,34-36,38H2,3-7H3;1,3-12H2,2H3;1,3-7H2,2H3;;25*1H/q;2*-1;+2;;;;;;;;;;;;;;;;;;;;;;;;;. The molecule has 0 N–H and O–H groups in total. The van der Waals surface area contributed by atoms with Gasteiger partial charge in [0.15, 0.2) is 0 Å². The van der Waals surface area contributed by atoms with E-state index in [1.165, 1.54) is 140 Å². The molecule has 0 amide bonds. The Kier molecular flexibility index (Phi) is 51.5. The summed E-state index contributed by atoms with van der Waals surface area (Å²) in [5.74, 6) is 48.1. The van der Waals surface area contributed by atoms with Crippen molar-refractivity contribution in [1.29, 1.82) is 0 Å². The summed E-state index contributed by atoms with van der Waals surface area (Å²) in [6.07, 6.45) is 47.8. The molecule has 75 heavy (non-hydrogen) atoms. The molecule has 0 aliphatic rings. The molecule has 0 aromatic heterocycles. The molecule has 2 aromatic rings. The Bertz CT molecular complexity index is 2630. The fourth-order valence-corrected chi connectivity index (χ4v) is 7.65. The first-order valence-electron chi connectivity index (χ1n) is 28.3. The molecule has 0 saturated heterocycles. The number of nitrogens with zero attached hydrogens (tertiary/aromatic N) is 2. The normalized spacial score (nSPS) is 9.45. The minimum absolute atomic E-state index is 0.